The van der Waals surface area contributed by atoms with Crippen LogP contribution < -0.4 is 10.5 Å². The Hall–Kier alpha value is -2.11. The molecule has 120 valence electrons. The van der Waals surface area contributed by atoms with Gasteiger partial charge in [-0.3, -0.25) is 0 Å². The van der Waals surface area contributed by atoms with E-state index >= 15 is 0 Å². The fraction of sp³-hybridized carbons (Fsp3) is 0.278. The van der Waals surface area contributed by atoms with Gasteiger partial charge in [0.05, 0.1) is 11.9 Å². The van der Waals surface area contributed by atoms with E-state index in [0.29, 0.717) is 11.1 Å². The van der Waals surface area contributed by atoms with Gasteiger partial charge in [0.25, 0.3) is 0 Å². The van der Waals surface area contributed by atoms with Gasteiger partial charge in [0.1, 0.15) is 24.4 Å². The standard InChI is InChI=1S/C18H19NO3S/c1-11-6-7-23-16(11)10-19(3)9-13-8-17(21)22-18-12(2)15(20)5-4-14(13)18/h4-8,20H,9-10H2,1-3H3/p+1. The molecule has 0 spiro atoms. The quantitative estimate of drug-likeness (QED) is 0.722. The first-order valence-corrected chi connectivity index (χ1v) is 8.43. The van der Waals surface area contributed by atoms with Crippen LogP contribution in [0, 0.1) is 13.8 Å². The summed E-state index contributed by atoms with van der Waals surface area (Å²) in [5, 5.41) is 12.8. The van der Waals surface area contributed by atoms with Crippen LogP contribution in [0.2, 0.25) is 0 Å². The van der Waals surface area contributed by atoms with E-state index in [1.165, 1.54) is 15.3 Å². The Morgan fingerprint density at radius 1 is 1.22 bits per heavy atom. The van der Waals surface area contributed by atoms with E-state index in [0.717, 1.165) is 24.0 Å². The van der Waals surface area contributed by atoms with Crippen LogP contribution in [-0.4, -0.2) is 12.2 Å². The highest BCUT2D eigenvalue weighted by molar-refractivity contribution is 7.10. The number of quaternary nitrogens is 1. The van der Waals surface area contributed by atoms with Crippen LogP contribution in [0.4, 0.5) is 0 Å². The van der Waals surface area contributed by atoms with Crippen LogP contribution in [0.15, 0.2) is 38.9 Å². The Labute approximate surface area is 138 Å². The van der Waals surface area contributed by atoms with Crippen molar-refractivity contribution >= 4 is 22.3 Å². The zero-order chi connectivity index (χ0) is 16.6. The van der Waals surface area contributed by atoms with Crippen molar-refractivity contribution in [2.45, 2.75) is 26.9 Å². The highest BCUT2D eigenvalue weighted by Crippen LogP contribution is 2.27. The van der Waals surface area contributed by atoms with Crippen molar-refractivity contribution in [2.75, 3.05) is 7.05 Å². The van der Waals surface area contributed by atoms with Crippen molar-refractivity contribution in [3.05, 3.63) is 61.6 Å². The molecule has 23 heavy (non-hydrogen) atoms. The summed E-state index contributed by atoms with van der Waals surface area (Å²) in [7, 11) is 2.12. The lowest BCUT2D eigenvalue weighted by Gasteiger charge is -2.15. The van der Waals surface area contributed by atoms with Crippen molar-refractivity contribution < 1.29 is 14.4 Å². The van der Waals surface area contributed by atoms with E-state index in [9.17, 15) is 9.90 Å². The Bertz CT molecular complexity index is 910. The summed E-state index contributed by atoms with van der Waals surface area (Å²) >= 11 is 1.77. The number of fused-ring (bicyclic) bond motifs is 1. The van der Waals surface area contributed by atoms with Gasteiger partial charge in [-0.2, -0.15) is 0 Å². The van der Waals surface area contributed by atoms with Gasteiger partial charge in [0, 0.05) is 22.6 Å². The molecule has 0 amide bonds. The Morgan fingerprint density at radius 3 is 2.70 bits per heavy atom. The molecule has 2 heterocycles. The number of phenols is 1. The molecule has 3 rings (SSSR count). The molecule has 3 aromatic rings. The topological polar surface area (TPSA) is 54.9 Å². The minimum atomic E-state index is -0.374. The first-order valence-electron chi connectivity index (χ1n) is 7.55. The van der Waals surface area contributed by atoms with Gasteiger partial charge in [0.15, 0.2) is 0 Å². The van der Waals surface area contributed by atoms with Crippen LogP contribution in [0.25, 0.3) is 11.0 Å². The normalized spacial score (nSPS) is 12.7. The second-order valence-electron chi connectivity index (χ2n) is 6.01. The average molecular weight is 330 g/mol. The van der Waals surface area contributed by atoms with Crippen LogP contribution in [0.5, 0.6) is 5.75 Å². The maximum atomic E-state index is 11.9. The fourth-order valence-electron chi connectivity index (χ4n) is 2.81. The van der Waals surface area contributed by atoms with Gasteiger partial charge in [-0.15, -0.1) is 11.3 Å². The number of benzene rings is 1. The fourth-order valence-corrected chi connectivity index (χ4v) is 3.83. The van der Waals surface area contributed by atoms with Crippen molar-refractivity contribution in [1.82, 2.24) is 0 Å². The van der Waals surface area contributed by atoms with Gasteiger partial charge in [-0.25, -0.2) is 4.79 Å². The third kappa shape index (κ3) is 3.16. The number of aryl methyl sites for hydroxylation is 2. The largest absolute Gasteiger partial charge is 0.508 e. The van der Waals surface area contributed by atoms with E-state index in [2.05, 4.69) is 25.4 Å². The van der Waals surface area contributed by atoms with Crippen LogP contribution in [0.1, 0.15) is 21.6 Å². The smallest absolute Gasteiger partial charge is 0.336 e. The summed E-state index contributed by atoms with van der Waals surface area (Å²) < 4.78 is 5.30. The van der Waals surface area contributed by atoms with Crippen molar-refractivity contribution in [2.24, 2.45) is 0 Å². The second kappa shape index (κ2) is 6.18. The highest BCUT2D eigenvalue weighted by atomic mass is 32.1. The molecular formula is C18H20NO3S+. The van der Waals surface area contributed by atoms with Crippen LogP contribution >= 0.6 is 11.3 Å². The molecule has 2 N–H and O–H groups in total. The van der Waals surface area contributed by atoms with Crippen LogP contribution in [-0.2, 0) is 13.1 Å². The maximum Gasteiger partial charge on any atom is 0.336 e. The van der Waals surface area contributed by atoms with E-state index in [4.69, 9.17) is 4.42 Å². The zero-order valence-corrected chi connectivity index (χ0v) is 14.3. The molecule has 1 aromatic carbocycles. The molecule has 2 aromatic heterocycles. The summed E-state index contributed by atoms with van der Waals surface area (Å²) in [5.41, 5.74) is 2.97. The minimum Gasteiger partial charge on any atom is -0.508 e. The number of thiophene rings is 1. The van der Waals surface area contributed by atoms with E-state index in [-0.39, 0.29) is 11.4 Å². The van der Waals surface area contributed by atoms with Crippen molar-refractivity contribution in [3.8, 4) is 5.75 Å². The summed E-state index contributed by atoms with van der Waals surface area (Å²) in [6.45, 7) is 5.53. The molecular weight excluding hydrogens is 310 g/mol. The maximum absolute atomic E-state index is 11.9. The number of rotatable bonds is 4. The number of hydrogen-bond acceptors (Lipinski definition) is 4. The summed E-state index contributed by atoms with van der Waals surface area (Å²) in [4.78, 5) is 14.5. The molecule has 5 heteroatoms. The van der Waals surface area contributed by atoms with E-state index < -0.39 is 0 Å². The third-order valence-corrected chi connectivity index (χ3v) is 5.16. The lowest BCUT2D eigenvalue weighted by Crippen LogP contribution is -3.06. The molecule has 4 nitrogen and oxygen atoms in total. The third-order valence-electron chi connectivity index (χ3n) is 4.14. The first kappa shape index (κ1) is 15.8. The number of phenolic OH excluding ortho intramolecular Hbond substituents is 1. The average Bonchev–Trinajstić information content (AvgIpc) is 2.88. The number of aromatic hydroxyl groups is 1. The lowest BCUT2D eigenvalue weighted by atomic mass is 10.1. The molecule has 0 bridgehead atoms. The van der Waals surface area contributed by atoms with Gasteiger partial charge >= 0.3 is 5.63 Å². The predicted octanol–water partition coefficient (Wildman–Crippen LogP) is 2.39. The highest BCUT2D eigenvalue weighted by Gasteiger charge is 2.15. The zero-order valence-electron chi connectivity index (χ0n) is 13.5. The summed E-state index contributed by atoms with van der Waals surface area (Å²) in [5.74, 6) is 0.146. The van der Waals surface area contributed by atoms with Crippen molar-refractivity contribution in [3.63, 3.8) is 0 Å². The number of nitrogens with one attached hydrogen (secondary N) is 1. The SMILES string of the molecule is Cc1ccsc1C[NH+](C)Cc1cc(=O)oc2c(C)c(O)ccc12. The summed E-state index contributed by atoms with van der Waals surface area (Å²) in [6, 6.07) is 7.16. The predicted molar refractivity (Wildman–Crippen MR) is 92.2 cm³/mol. The monoisotopic (exact) mass is 330 g/mol. The molecule has 1 unspecified atom stereocenters. The molecule has 0 saturated heterocycles. The molecule has 0 saturated carbocycles. The molecule has 0 aliphatic heterocycles. The lowest BCUT2D eigenvalue weighted by molar-refractivity contribution is -0.907. The molecule has 0 aliphatic carbocycles. The Balaban J connectivity index is 1.95. The molecule has 0 aliphatic rings. The van der Waals surface area contributed by atoms with E-state index in [1.807, 2.05) is 6.07 Å². The van der Waals surface area contributed by atoms with Crippen molar-refractivity contribution in [1.29, 1.82) is 0 Å². The van der Waals surface area contributed by atoms with Crippen LogP contribution in [0.3, 0.4) is 0 Å². The van der Waals surface area contributed by atoms with Gasteiger partial charge in [-0.1, -0.05) is 0 Å². The summed E-state index contributed by atoms with van der Waals surface area (Å²) in [6.07, 6.45) is 0. The van der Waals surface area contributed by atoms with E-state index in [1.54, 1.807) is 30.4 Å². The van der Waals surface area contributed by atoms with Gasteiger partial charge in [0.2, 0.25) is 0 Å². The first-order chi connectivity index (χ1) is 11.0. The number of hydrogen-bond donors (Lipinski definition) is 2. The molecule has 0 radical (unpaired) electrons. The Kier molecular flexibility index (Phi) is 4.24. The minimum absolute atomic E-state index is 0.146. The second-order valence-corrected chi connectivity index (χ2v) is 7.02. The van der Waals surface area contributed by atoms with Gasteiger partial charge < -0.3 is 14.4 Å². The Morgan fingerprint density at radius 2 is 2.00 bits per heavy atom. The molecule has 1 atom stereocenters. The molecule has 0 fully saturated rings. The van der Waals surface area contributed by atoms with Gasteiger partial charge in [-0.05, 0) is 43.0 Å².